The summed E-state index contributed by atoms with van der Waals surface area (Å²) in [6.07, 6.45) is 3.51. The van der Waals surface area contributed by atoms with E-state index in [0.29, 0.717) is 17.7 Å². The molecule has 0 aliphatic carbocycles. The highest BCUT2D eigenvalue weighted by atomic mass is 35.5. The van der Waals surface area contributed by atoms with Crippen LogP contribution in [-0.4, -0.2) is 40.7 Å². The van der Waals surface area contributed by atoms with E-state index in [1.807, 2.05) is 24.3 Å². The number of benzene rings is 3. The van der Waals surface area contributed by atoms with Gasteiger partial charge in [-0.3, -0.25) is 14.5 Å². The van der Waals surface area contributed by atoms with Crippen LogP contribution in [0.5, 0.6) is 0 Å². The normalized spacial score (nSPS) is 14.3. The zero-order valence-electron chi connectivity index (χ0n) is 23.4. The molecular weight excluding hydrogens is 525 g/mol. The predicted molar refractivity (Wildman–Crippen MR) is 158 cm³/mol. The van der Waals surface area contributed by atoms with Crippen LogP contribution < -0.4 is 5.32 Å². The van der Waals surface area contributed by atoms with Gasteiger partial charge in [0.05, 0.1) is 0 Å². The Morgan fingerprint density at radius 1 is 0.950 bits per heavy atom. The van der Waals surface area contributed by atoms with Crippen LogP contribution in [0, 0.1) is 11.7 Å². The van der Waals surface area contributed by atoms with Crippen LogP contribution in [0.2, 0.25) is 5.02 Å². The number of nitrogens with zero attached hydrogens (tertiary/aromatic N) is 2. The summed E-state index contributed by atoms with van der Waals surface area (Å²) >= 11 is 6.04. The summed E-state index contributed by atoms with van der Waals surface area (Å²) in [5.74, 6) is -0.303. The molecule has 3 aromatic rings. The molecule has 2 amide bonds. The van der Waals surface area contributed by atoms with Gasteiger partial charge in [-0.15, -0.1) is 0 Å². The minimum atomic E-state index is -0.323. The van der Waals surface area contributed by atoms with Crippen LogP contribution in [0.3, 0.4) is 0 Å². The van der Waals surface area contributed by atoms with E-state index < -0.39 is 0 Å². The molecule has 0 bridgehead atoms. The average Bonchev–Trinajstić information content (AvgIpc) is 2.97. The lowest BCUT2D eigenvalue weighted by Gasteiger charge is -2.40. The summed E-state index contributed by atoms with van der Waals surface area (Å²) in [7, 11) is 0. The standard InChI is InChI=1S/C33H39ClFN3O2/c1-3-27(4-2)33(40)38(31-16-18-37(19-17-31)22-24-10-14-29(34)15-11-24)23-25-8-12-28(13-9-25)32(39)36-21-26-6-5-7-30(35)20-26/h5-15,20,27,31H,3-4,16-19,21-23H2,1-2H3,(H,36,39). The number of likely N-dealkylation sites (tertiary alicyclic amines) is 1. The predicted octanol–water partition coefficient (Wildman–Crippen LogP) is 6.84. The first-order valence-corrected chi connectivity index (χ1v) is 14.6. The zero-order valence-corrected chi connectivity index (χ0v) is 24.2. The molecule has 0 radical (unpaired) electrons. The van der Waals surface area contributed by atoms with E-state index in [9.17, 15) is 14.0 Å². The minimum absolute atomic E-state index is 0.0139. The van der Waals surface area contributed by atoms with E-state index >= 15 is 0 Å². The topological polar surface area (TPSA) is 52.7 Å². The van der Waals surface area contributed by atoms with Gasteiger partial charge in [-0.1, -0.05) is 61.8 Å². The Labute approximate surface area is 242 Å². The third-order valence-electron chi connectivity index (χ3n) is 7.85. The second kappa shape index (κ2) is 14.4. The van der Waals surface area contributed by atoms with Gasteiger partial charge < -0.3 is 10.2 Å². The maximum absolute atomic E-state index is 13.6. The summed E-state index contributed by atoms with van der Waals surface area (Å²) in [5, 5.41) is 3.59. The molecule has 0 aromatic heterocycles. The van der Waals surface area contributed by atoms with Gasteiger partial charge in [0, 0.05) is 55.3 Å². The van der Waals surface area contributed by atoms with Gasteiger partial charge in [-0.25, -0.2) is 4.39 Å². The molecule has 1 heterocycles. The summed E-state index contributed by atoms with van der Waals surface area (Å²) in [6, 6.07) is 21.8. The van der Waals surface area contributed by atoms with E-state index in [1.54, 1.807) is 24.3 Å². The number of nitrogens with one attached hydrogen (secondary N) is 1. The van der Waals surface area contributed by atoms with Crippen molar-refractivity contribution in [2.24, 2.45) is 5.92 Å². The molecule has 0 saturated carbocycles. The Kier molecular flexibility index (Phi) is 10.7. The fourth-order valence-electron chi connectivity index (χ4n) is 5.39. The maximum atomic E-state index is 13.6. The number of carbonyl (C=O) groups excluding carboxylic acids is 2. The molecule has 0 atom stereocenters. The molecule has 3 aromatic carbocycles. The van der Waals surface area contributed by atoms with Crippen molar-refractivity contribution in [3.05, 3.63) is 106 Å². The average molecular weight is 564 g/mol. The third-order valence-corrected chi connectivity index (χ3v) is 8.10. The highest BCUT2D eigenvalue weighted by molar-refractivity contribution is 6.30. The van der Waals surface area contributed by atoms with Crippen molar-refractivity contribution >= 4 is 23.4 Å². The largest absolute Gasteiger partial charge is 0.348 e. The number of rotatable bonds is 11. The molecule has 1 N–H and O–H groups in total. The molecule has 1 aliphatic rings. The molecule has 5 nitrogen and oxygen atoms in total. The van der Waals surface area contributed by atoms with Crippen LogP contribution in [0.1, 0.15) is 66.6 Å². The maximum Gasteiger partial charge on any atom is 0.251 e. The lowest BCUT2D eigenvalue weighted by atomic mass is 9.96. The van der Waals surface area contributed by atoms with Crippen molar-refractivity contribution < 1.29 is 14.0 Å². The van der Waals surface area contributed by atoms with E-state index in [2.05, 4.69) is 41.1 Å². The Balaban J connectivity index is 1.38. The van der Waals surface area contributed by atoms with Crippen molar-refractivity contribution in [3.63, 3.8) is 0 Å². The molecule has 1 fully saturated rings. The first-order chi connectivity index (χ1) is 19.4. The summed E-state index contributed by atoms with van der Waals surface area (Å²) in [5.41, 5.74) is 3.49. The van der Waals surface area contributed by atoms with Crippen molar-refractivity contribution in [1.82, 2.24) is 15.1 Å². The Morgan fingerprint density at radius 3 is 2.23 bits per heavy atom. The molecule has 7 heteroatoms. The van der Waals surface area contributed by atoms with Crippen LogP contribution in [-0.2, 0) is 24.4 Å². The van der Waals surface area contributed by atoms with E-state index in [0.717, 1.165) is 55.9 Å². The number of hydrogen-bond acceptors (Lipinski definition) is 3. The van der Waals surface area contributed by atoms with Gasteiger partial charge in [-0.05, 0) is 78.8 Å². The lowest BCUT2D eigenvalue weighted by Crippen LogP contribution is -2.48. The number of hydrogen-bond donors (Lipinski definition) is 1. The molecule has 0 spiro atoms. The number of piperidine rings is 1. The smallest absolute Gasteiger partial charge is 0.251 e. The zero-order chi connectivity index (χ0) is 28.5. The second-order valence-electron chi connectivity index (χ2n) is 10.6. The van der Waals surface area contributed by atoms with Crippen LogP contribution in [0.25, 0.3) is 0 Å². The molecule has 212 valence electrons. The van der Waals surface area contributed by atoms with Crippen LogP contribution in [0.15, 0.2) is 72.8 Å². The van der Waals surface area contributed by atoms with Gasteiger partial charge in [0.1, 0.15) is 5.82 Å². The van der Waals surface area contributed by atoms with Crippen molar-refractivity contribution in [2.75, 3.05) is 13.1 Å². The molecule has 0 unspecified atom stereocenters. The monoisotopic (exact) mass is 563 g/mol. The fraction of sp³-hybridized carbons (Fsp3) is 0.394. The van der Waals surface area contributed by atoms with Crippen molar-refractivity contribution in [1.29, 1.82) is 0 Å². The molecule has 4 rings (SSSR count). The Morgan fingerprint density at radius 2 is 1.60 bits per heavy atom. The second-order valence-corrected chi connectivity index (χ2v) is 11.1. The van der Waals surface area contributed by atoms with Crippen LogP contribution in [0.4, 0.5) is 4.39 Å². The third kappa shape index (κ3) is 8.15. The molecule has 1 saturated heterocycles. The molecule has 40 heavy (non-hydrogen) atoms. The van der Waals surface area contributed by atoms with Crippen molar-refractivity contribution in [2.45, 2.75) is 65.2 Å². The summed E-state index contributed by atoms with van der Waals surface area (Å²) < 4.78 is 13.4. The molecule has 1 aliphatic heterocycles. The lowest BCUT2D eigenvalue weighted by molar-refractivity contribution is -0.140. The minimum Gasteiger partial charge on any atom is -0.348 e. The van der Waals surface area contributed by atoms with Gasteiger partial charge in [0.2, 0.25) is 5.91 Å². The van der Waals surface area contributed by atoms with Gasteiger partial charge in [0.15, 0.2) is 0 Å². The summed E-state index contributed by atoms with van der Waals surface area (Å²) in [6.45, 7) is 7.70. The number of amides is 2. The van der Waals surface area contributed by atoms with E-state index in [4.69, 9.17) is 11.6 Å². The Bertz CT molecular complexity index is 1250. The first kappa shape index (κ1) is 29.8. The van der Waals surface area contributed by atoms with Gasteiger partial charge in [-0.2, -0.15) is 0 Å². The molecular formula is C33H39ClFN3O2. The number of carbonyl (C=O) groups is 2. The van der Waals surface area contributed by atoms with E-state index in [1.165, 1.54) is 17.7 Å². The highest BCUT2D eigenvalue weighted by Gasteiger charge is 2.31. The van der Waals surface area contributed by atoms with E-state index in [-0.39, 0.29) is 36.1 Å². The quantitative estimate of drug-likeness (QED) is 0.278. The fourth-order valence-corrected chi connectivity index (χ4v) is 5.51. The summed E-state index contributed by atoms with van der Waals surface area (Å²) in [4.78, 5) is 30.8. The SMILES string of the molecule is CCC(CC)C(=O)N(Cc1ccc(C(=O)NCc2cccc(F)c2)cc1)C1CCN(Cc2ccc(Cl)cc2)CC1. The van der Waals surface area contributed by atoms with Crippen molar-refractivity contribution in [3.8, 4) is 0 Å². The highest BCUT2D eigenvalue weighted by Crippen LogP contribution is 2.25. The first-order valence-electron chi connectivity index (χ1n) is 14.2. The van der Waals surface area contributed by atoms with Gasteiger partial charge in [0.25, 0.3) is 5.91 Å². The van der Waals surface area contributed by atoms with Crippen LogP contribution >= 0.6 is 11.6 Å². The number of halogens is 2. The Hall–Kier alpha value is -3.22. The van der Waals surface area contributed by atoms with Gasteiger partial charge >= 0.3 is 0 Å².